The molecule has 7 nitrogen and oxygen atoms in total. The summed E-state index contributed by atoms with van der Waals surface area (Å²) in [6, 6.07) is 7.62. The lowest BCUT2D eigenvalue weighted by Gasteiger charge is -2.35. The van der Waals surface area contributed by atoms with Gasteiger partial charge in [0, 0.05) is 19.6 Å². The van der Waals surface area contributed by atoms with Gasteiger partial charge in [-0.2, -0.15) is 0 Å². The van der Waals surface area contributed by atoms with E-state index in [9.17, 15) is 14.4 Å². The summed E-state index contributed by atoms with van der Waals surface area (Å²) in [7, 11) is 0. The number of carbonyl (C=O) groups excluding carboxylic acids is 3. The van der Waals surface area contributed by atoms with Crippen LogP contribution in [0.15, 0.2) is 24.3 Å². The average molecular weight is 342 g/mol. The molecule has 2 fully saturated rings. The van der Waals surface area contributed by atoms with Crippen molar-refractivity contribution in [2.75, 3.05) is 19.6 Å². The number of fused-ring (bicyclic) bond motifs is 1. The van der Waals surface area contributed by atoms with Gasteiger partial charge in [0.15, 0.2) is 0 Å². The van der Waals surface area contributed by atoms with Gasteiger partial charge in [0.2, 0.25) is 5.91 Å². The van der Waals surface area contributed by atoms with E-state index in [1.165, 1.54) is 11.1 Å². The first-order valence-electron chi connectivity index (χ1n) is 8.72. The van der Waals surface area contributed by atoms with E-state index in [1.807, 2.05) is 19.1 Å². The summed E-state index contributed by atoms with van der Waals surface area (Å²) in [5, 5.41) is 4.96. The number of imide groups is 1. The molecule has 7 heteroatoms. The highest BCUT2D eigenvalue weighted by atomic mass is 16.2. The van der Waals surface area contributed by atoms with Gasteiger partial charge in [0.25, 0.3) is 5.91 Å². The summed E-state index contributed by atoms with van der Waals surface area (Å²) < 4.78 is 0. The number of hydrogen-bond acceptors (Lipinski definition) is 4. The zero-order valence-corrected chi connectivity index (χ0v) is 14.2. The molecule has 1 aromatic rings. The molecule has 4 amide bonds. The van der Waals surface area contributed by atoms with Crippen LogP contribution in [0.4, 0.5) is 4.79 Å². The quantitative estimate of drug-likeness (QED) is 0.755. The highest BCUT2D eigenvalue weighted by Gasteiger charge is 2.52. The molecular weight excluding hydrogens is 320 g/mol. The van der Waals surface area contributed by atoms with E-state index >= 15 is 0 Å². The molecule has 132 valence electrons. The zero-order valence-electron chi connectivity index (χ0n) is 14.2. The van der Waals surface area contributed by atoms with Crippen LogP contribution >= 0.6 is 0 Å². The number of nitrogens with zero attached hydrogens (tertiary/aromatic N) is 2. The maximum absolute atomic E-state index is 12.9. The lowest BCUT2D eigenvalue weighted by molar-refractivity contribution is -0.136. The Morgan fingerprint density at radius 1 is 1.20 bits per heavy atom. The van der Waals surface area contributed by atoms with Crippen LogP contribution in [-0.2, 0) is 22.6 Å². The lowest BCUT2D eigenvalue weighted by atomic mass is 9.98. The normalized spacial score (nSPS) is 27.2. The van der Waals surface area contributed by atoms with Gasteiger partial charge in [-0.1, -0.05) is 24.3 Å². The molecule has 2 N–H and O–H groups in total. The topological polar surface area (TPSA) is 81.8 Å². The van der Waals surface area contributed by atoms with Crippen LogP contribution in [0.3, 0.4) is 0 Å². The summed E-state index contributed by atoms with van der Waals surface area (Å²) in [6.07, 6.45) is 1.40. The molecule has 3 aliphatic rings. The Morgan fingerprint density at radius 3 is 2.68 bits per heavy atom. The number of likely N-dealkylation sites (tertiary alicyclic amines) is 1. The summed E-state index contributed by atoms with van der Waals surface area (Å²) in [5.41, 5.74) is 1.68. The molecule has 2 saturated heterocycles. The Morgan fingerprint density at radius 2 is 1.96 bits per heavy atom. The number of urea groups is 1. The summed E-state index contributed by atoms with van der Waals surface area (Å²) in [4.78, 5) is 40.3. The van der Waals surface area contributed by atoms with Gasteiger partial charge in [-0.3, -0.25) is 19.8 Å². The molecule has 1 spiro atoms. The Bertz CT molecular complexity index is 750. The van der Waals surface area contributed by atoms with E-state index < -0.39 is 11.6 Å². The van der Waals surface area contributed by atoms with Gasteiger partial charge >= 0.3 is 6.03 Å². The molecule has 0 saturated carbocycles. The second kappa shape index (κ2) is 5.84. The summed E-state index contributed by atoms with van der Waals surface area (Å²) in [5.74, 6) is -0.308. The van der Waals surface area contributed by atoms with Crippen LogP contribution in [0.5, 0.6) is 0 Å². The van der Waals surface area contributed by atoms with Gasteiger partial charge in [-0.25, -0.2) is 4.79 Å². The second-order valence-electron chi connectivity index (χ2n) is 7.17. The predicted molar refractivity (Wildman–Crippen MR) is 90.6 cm³/mol. The molecule has 0 unspecified atom stereocenters. The maximum Gasteiger partial charge on any atom is 0.322 e. The number of benzene rings is 1. The van der Waals surface area contributed by atoms with Crippen molar-refractivity contribution in [2.45, 2.75) is 37.9 Å². The standard InChI is InChI=1S/C18H22N4O3/c1-12(21-8-6-13-4-2-3-5-14(13)10-21)15(23)22-9-7-18(11-22)16(24)19-17(25)20-18/h2-5,12H,6-11H2,1H3,(H2,19,20,24,25)/t12-,18-/m0/s1. The van der Waals surface area contributed by atoms with Gasteiger partial charge in [0.05, 0.1) is 12.6 Å². The van der Waals surface area contributed by atoms with Gasteiger partial charge in [-0.15, -0.1) is 0 Å². The van der Waals surface area contributed by atoms with Crippen LogP contribution in [0.2, 0.25) is 0 Å². The molecule has 4 rings (SSSR count). The molecule has 25 heavy (non-hydrogen) atoms. The smallest absolute Gasteiger partial charge is 0.322 e. The number of nitrogens with one attached hydrogen (secondary N) is 2. The summed E-state index contributed by atoms with van der Waals surface area (Å²) in [6.45, 7) is 4.27. The third-order valence-corrected chi connectivity index (χ3v) is 5.66. The minimum atomic E-state index is -0.943. The molecule has 3 heterocycles. The van der Waals surface area contributed by atoms with Gasteiger partial charge < -0.3 is 10.2 Å². The first-order chi connectivity index (χ1) is 12.0. The Balaban J connectivity index is 1.44. The van der Waals surface area contributed by atoms with Gasteiger partial charge in [-0.05, 0) is 30.9 Å². The summed E-state index contributed by atoms with van der Waals surface area (Å²) >= 11 is 0. The first-order valence-corrected chi connectivity index (χ1v) is 8.72. The van der Waals surface area contributed by atoms with Crippen LogP contribution < -0.4 is 10.6 Å². The third kappa shape index (κ3) is 2.68. The van der Waals surface area contributed by atoms with Crippen molar-refractivity contribution in [1.82, 2.24) is 20.4 Å². The zero-order chi connectivity index (χ0) is 17.6. The molecule has 2 atom stereocenters. The molecule has 3 aliphatic heterocycles. The number of rotatable bonds is 2. The molecule has 0 bridgehead atoms. The van der Waals surface area contributed by atoms with Crippen molar-refractivity contribution < 1.29 is 14.4 Å². The molecule has 0 aromatic heterocycles. The molecular formula is C18H22N4O3. The highest BCUT2D eigenvalue weighted by Crippen LogP contribution is 2.27. The van der Waals surface area contributed by atoms with Crippen molar-refractivity contribution in [1.29, 1.82) is 0 Å². The lowest BCUT2D eigenvalue weighted by Crippen LogP contribution is -2.52. The fourth-order valence-corrected chi connectivity index (χ4v) is 4.08. The monoisotopic (exact) mass is 342 g/mol. The molecule has 1 aromatic carbocycles. The Kier molecular flexibility index (Phi) is 3.76. The SMILES string of the molecule is C[C@@H](C(=O)N1CC[C@@]2(C1)NC(=O)NC2=O)N1CCc2ccccc2C1. The van der Waals surface area contributed by atoms with Crippen molar-refractivity contribution in [3.05, 3.63) is 35.4 Å². The van der Waals surface area contributed by atoms with E-state index in [4.69, 9.17) is 0 Å². The maximum atomic E-state index is 12.9. The average Bonchev–Trinajstić information content (AvgIpc) is 3.16. The van der Waals surface area contributed by atoms with Crippen molar-refractivity contribution >= 4 is 17.8 Å². The van der Waals surface area contributed by atoms with E-state index in [-0.39, 0.29) is 24.4 Å². The van der Waals surface area contributed by atoms with Crippen molar-refractivity contribution in [3.63, 3.8) is 0 Å². The van der Waals surface area contributed by atoms with E-state index in [0.717, 1.165) is 19.5 Å². The van der Waals surface area contributed by atoms with E-state index in [0.29, 0.717) is 13.0 Å². The Labute approximate surface area is 146 Å². The fraction of sp³-hybridized carbons (Fsp3) is 0.500. The van der Waals surface area contributed by atoms with Crippen molar-refractivity contribution in [2.24, 2.45) is 0 Å². The minimum Gasteiger partial charge on any atom is -0.338 e. The second-order valence-corrected chi connectivity index (χ2v) is 7.17. The fourth-order valence-electron chi connectivity index (χ4n) is 4.08. The number of hydrogen-bond donors (Lipinski definition) is 2. The van der Waals surface area contributed by atoms with Crippen LogP contribution in [-0.4, -0.2) is 58.9 Å². The van der Waals surface area contributed by atoms with Crippen LogP contribution in [0, 0.1) is 0 Å². The van der Waals surface area contributed by atoms with Crippen LogP contribution in [0.25, 0.3) is 0 Å². The first kappa shape index (κ1) is 16.1. The predicted octanol–water partition coefficient (Wildman–Crippen LogP) is 0.244. The third-order valence-electron chi connectivity index (χ3n) is 5.66. The van der Waals surface area contributed by atoms with Gasteiger partial charge in [0.1, 0.15) is 5.54 Å². The Hall–Kier alpha value is -2.41. The molecule has 0 radical (unpaired) electrons. The number of carbonyl (C=O) groups is 3. The van der Waals surface area contributed by atoms with E-state index in [2.05, 4.69) is 27.7 Å². The number of amides is 4. The largest absolute Gasteiger partial charge is 0.338 e. The van der Waals surface area contributed by atoms with Crippen LogP contribution in [0.1, 0.15) is 24.5 Å². The highest BCUT2D eigenvalue weighted by molar-refractivity contribution is 6.07. The molecule has 0 aliphatic carbocycles. The minimum absolute atomic E-state index is 0.0187. The van der Waals surface area contributed by atoms with E-state index in [1.54, 1.807) is 4.90 Å². The van der Waals surface area contributed by atoms with Crippen molar-refractivity contribution in [3.8, 4) is 0 Å².